The van der Waals surface area contributed by atoms with Gasteiger partial charge in [-0.25, -0.2) is 13.4 Å². The highest BCUT2D eigenvalue weighted by atomic mass is 35.5. The van der Waals surface area contributed by atoms with E-state index in [1.54, 1.807) is 10.8 Å². The molecule has 1 aliphatic heterocycles. The lowest BCUT2D eigenvalue weighted by Crippen LogP contribution is -2.30. The summed E-state index contributed by atoms with van der Waals surface area (Å²) in [4.78, 5) is 11.3. The molecule has 1 fully saturated rings. The number of carbonyl (C=O) groups is 1. The number of nitrogens with zero attached hydrogens (tertiary/aromatic N) is 1. The van der Waals surface area contributed by atoms with E-state index in [1.165, 1.54) is 18.2 Å². The number of halogens is 3. The summed E-state index contributed by atoms with van der Waals surface area (Å²) in [6.07, 6.45) is 0. The number of anilines is 1. The topological polar surface area (TPSA) is 86.7 Å². The number of carbonyl (C=O) groups excluding carboxylic acids is 1. The highest BCUT2D eigenvalue weighted by molar-refractivity contribution is 7.92. The van der Waals surface area contributed by atoms with Gasteiger partial charge in [-0.05, 0) is 30.3 Å². The second-order valence-electron chi connectivity index (χ2n) is 5.21. The first-order chi connectivity index (χ1) is 12.2. The summed E-state index contributed by atoms with van der Waals surface area (Å²) in [5, 5.41) is 10.5. The largest absolute Gasteiger partial charge is 0.506 e. The molecule has 0 atom stereocenters. The number of nitrogens with one attached hydrogen (secondary N) is 1. The zero-order valence-electron chi connectivity index (χ0n) is 12.8. The molecule has 0 unspecified atom stereocenters. The molecule has 0 aromatic heterocycles. The third kappa shape index (κ3) is 3.42. The van der Waals surface area contributed by atoms with Crippen molar-refractivity contribution in [1.82, 2.24) is 4.72 Å². The van der Waals surface area contributed by atoms with Crippen LogP contribution in [0.3, 0.4) is 0 Å². The van der Waals surface area contributed by atoms with Gasteiger partial charge < -0.3 is 5.11 Å². The fourth-order valence-electron chi connectivity index (χ4n) is 2.25. The van der Waals surface area contributed by atoms with Gasteiger partial charge in [0.15, 0.2) is 5.82 Å². The average molecular weight is 415 g/mol. The summed E-state index contributed by atoms with van der Waals surface area (Å²) in [5.74, 6) is 2.67. The molecule has 0 aliphatic carbocycles. The van der Waals surface area contributed by atoms with E-state index in [1.807, 2.05) is 0 Å². The number of rotatable bonds is 1. The van der Waals surface area contributed by atoms with Crippen molar-refractivity contribution in [2.75, 3.05) is 10.8 Å². The predicted molar refractivity (Wildman–Crippen MR) is 94.9 cm³/mol. The molecule has 0 saturated carbocycles. The Hall–Kier alpha value is -2.47. The van der Waals surface area contributed by atoms with Gasteiger partial charge in [0.05, 0.1) is 15.6 Å². The van der Waals surface area contributed by atoms with Gasteiger partial charge >= 0.3 is 10.2 Å². The molecule has 2 aromatic rings. The summed E-state index contributed by atoms with van der Waals surface area (Å²) >= 11 is 11.7. The van der Waals surface area contributed by atoms with Crippen molar-refractivity contribution in [3.63, 3.8) is 0 Å². The van der Waals surface area contributed by atoms with Crippen LogP contribution in [0.15, 0.2) is 30.3 Å². The quantitative estimate of drug-likeness (QED) is 0.701. The summed E-state index contributed by atoms with van der Waals surface area (Å²) in [6, 6.07) is 6.88. The lowest BCUT2D eigenvalue weighted by molar-refractivity contribution is -0.117. The molecule has 2 aromatic carbocycles. The van der Waals surface area contributed by atoms with Crippen LogP contribution >= 0.6 is 23.2 Å². The summed E-state index contributed by atoms with van der Waals surface area (Å²) in [7, 11) is -4.28. The monoisotopic (exact) mass is 414 g/mol. The minimum atomic E-state index is -4.28. The zero-order valence-corrected chi connectivity index (χ0v) is 15.1. The number of hydrogen-bond donors (Lipinski definition) is 2. The molecule has 3 rings (SSSR count). The molecule has 1 saturated heterocycles. The van der Waals surface area contributed by atoms with E-state index in [4.69, 9.17) is 23.2 Å². The Kier molecular flexibility index (Phi) is 4.71. The highest BCUT2D eigenvalue weighted by Crippen LogP contribution is 2.34. The van der Waals surface area contributed by atoms with Crippen LogP contribution in [0, 0.1) is 17.7 Å². The van der Waals surface area contributed by atoms with Crippen molar-refractivity contribution < 1.29 is 22.7 Å². The van der Waals surface area contributed by atoms with Gasteiger partial charge in [0.25, 0.3) is 5.91 Å². The Balaban J connectivity index is 2.05. The summed E-state index contributed by atoms with van der Waals surface area (Å²) < 4.78 is 40.7. The molecular weight excluding hydrogens is 406 g/mol. The Morgan fingerprint density at radius 2 is 1.88 bits per heavy atom. The maximum atomic E-state index is 14.7. The Morgan fingerprint density at radius 1 is 1.15 bits per heavy atom. The van der Waals surface area contributed by atoms with Gasteiger partial charge in [0.2, 0.25) is 0 Å². The second kappa shape index (κ2) is 6.68. The smallest absolute Gasteiger partial charge is 0.326 e. The maximum Gasteiger partial charge on any atom is 0.326 e. The average Bonchev–Trinajstić information content (AvgIpc) is 2.82. The number of amides is 1. The van der Waals surface area contributed by atoms with Crippen LogP contribution in [-0.2, 0) is 15.0 Å². The van der Waals surface area contributed by atoms with Crippen molar-refractivity contribution in [2.24, 2.45) is 0 Å². The third-order valence-electron chi connectivity index (χ3n) is 3.43. The molecule has 1 amide bonds. The Labute approximate surface area is 158 Å². The predicted octanol–water partition coefficient (Wildman–Crippen LogP) is 2.42. The van der Waals surface area contributed by atoms with E-state index in [2.05, 4.69) is 11.8 Å². The molecular formula is C16H9Cl2FN2O4S. The molecule has 0 radical (unpaired) electrons. The lowest BCUT2D eigenvalue weighted by atomic mass is 10.1. The van der Waals surface area contributed by atoms with Gasteiger partial charge in [0, 0.05) is 5.56 Å². The standard InChI is InChI=1S/C16H9Cl2FN2O4S/c17-11-5-2-9(7-12(11)18)1-3-10-4-6-13(22)16(15(10)19)21-8-14(23)20-26(21,24)25/h2,4-7,22H,8H2,(H,20,23). The number of phenols is 1. The second-order valence-corrected chi connectivity index (χ2v) is 7.62. The first-order valence-electron chi connectivity index (χ1n) is 7.01. The van der Waals surface area contributed by atoms with Crippen molar-refractivity contribution in [3.8, 4) is 17.6 Å². The highest BCUT2D eigenvalue weighted by Gasteiger charge is 2.37. The molecule has 1 heterocycles. The Bertz CT molecular complexity index is 1090. The fourth-order valence-corrected chi connectivity index (χ4v) is 3.71. The summed E-state index contributed by atoms with van der Waals surface area (Å²) in [6.45, 7) is -0.642. The van der Waals surface area contributed by atoms with Crippen LogP contribution in [0.5, 0.6) is 5.75 Å². The molecule has 6 nitrogen and oxygen atoms in total. The van der Waals surface area contributed by atoms with Gasteiger partial charge in [-0.3, -0.25) is 4.79 Å². The molecule has 10 heteroatoms. The Morgan fingerprint density at radius 3 is 2.50 bits per heavy atom. The SMILES string of the molecule is O=C1CN(c2c(O)ccc(C#Cc3ccc(Cl)c(Cl)c3)c2F)S(=O)(=O)N1. The van der Waals surface area contributed by atoms with Crippen LogP contribution < -0.4 is 9.03 Å². The minimum Gasteiger partial charge on any atom is -0.506 e. The molecule has 26 heavy (non-hydrogen) atoms. The van der Waals surface area contributed by atoms with Crippen LogP contribution in [0.2, 0.25) is 10.0 Å². The van der Waals surface area contributed by atoms with Gasteiger partial charge in [-0.15, -0.1) is 0 Å². The lowest BCUT2D eigenvalue weighted by Gasteiger charge is -2.17. The van der Waals surface area contributed by atoms with Crippen molar-refractivity contribution in [3.05, 3.63) is 57.3 Å². The van der Waals surface area contributed by atoms with Gasteiger partial charge in [-0.1, -0.05) is 35.0 Å². The molecule has 0 spiro atoms. The number of hydrogen-bond acceptors (Lipinski definition) is 4. The van der Waals surface area contributed by atoms with E-state index in [-0.39, 0.29) is 10.6 Å². The first kappa shape index (κ1) is 18.3. The number of benzene rings is 2. The molecule has 2 N–H and O–H groups in total. The van der Waals surface area contributed by atoms with E-state index >= 15 is 0 Å². The van der Waals surface area contributed by atoms with Crippen LogP contribution in [0.4, 0.5) is 10.1 Å². The molecule has 0 bridgehead atoms. The number of phenolic OH excluding ortho intramolecular Hbond substituents is 1. The molecule has 1 aliphatic rings. The fraction of sp³-hybridized carbons (Fsp3) is 0.0625. The maximum absolute atomic E-state index is 14.7. The summed E-state index contributed by atoms with van der Waals surface area (Å²) in [5.41, 5.74) is -0.359. The van der Waals surface area contributed by atoms with Gasteiger partial charge in [-0.2, -0.15) is 8.42 Å². The third-order valence-corrected chi connectivity index (χ3v) is 5.54. The zero-order chi connectivity index (χ0) is 19.1. The minimum absolute atomic E-state index is 0.168. The van der Waals surface area contributed by atoms with E-state index in [0.717, 1.165) is 6.07 Å². The van der Waals surface area contributed by atoms with Crippen LogP contribution in [0.1, 0.15) is 11.1 Å². The molecule has 134 valence electrons. The van der Waals surface area contributed by atoms with Crippen LogP contribution in [-0.4, -0.2) is 26.0 Å². The van der Waals surface area contributed by atoms with Crippen molar-refractivity contribution in [1.29, 1.82) is 0 Å². The van der Waals surface area contributed by atoms with E-state index in [0.29, 0.717) is 14.9 Å². The first-order valence-corrected chi connectivity index (χ1v) is 9.20. The van der Waals surface area contributed by atoms with Crippen molar-refractivity contribution in [2.45, 2.75) is 0 Å². The van der Waals surface area contributed by atoms with E-state index in [9.17, 15) is 22.7 Å². The van der Waals surface area contributed by atoms with E-state index < -0.39 is 39.9 Å². The number of aromatic hydroxyl groups is 1. The van der Waals surface area contributed by atoms with Crippen molar-refractivity contribution >= 4 is 45.0 Å². The van der Waals surface area contributed by atoms with Crippen LogP contribution in [0.25, 0.3) is 0 Å². The normalized spacial score (nSPS) is 15.3. The van der Waals surface area contributed by atoms with Gasteiger partial charge in [0.1, 0.15) is 18.0 Å².